The molecule has 3 aromatic rings. The van der Waals surface area contributed by atoms with Crippen LogP contribution in [0.4, 0.5) is 0 Å². The quantitative estimate of drug-likeness (QED) is 0.0135. The number of terminal acetylenes is 2. The molecule has 2 heterocycles. The summed E-state index contributed by atoms with van der Waals surface area (Å²) in [6.45, 7) is 7.98. The molecule has 0 aliphatic carbocycles. The van der Waals surface area contributed by atoms with Crippen LogP contribution in [0.3, 0.4) is 0 Å². The van der Waals surface area contributed by atoms with Gasteiger partial charge in [0.1, 0.15) is 58.8 Å². The second-order valence-electron chi connectivity index (χ2n) is 16.0. The first kappa shape index (κ1) is 53.6. The second-order valence-corrected chi connectivity index (χ2v) is 16.0. The van der Waals surface area contributed by atoms with E-state index in [-0.39, 0.29) is 111 Å². The van der Waals surface area contributed by atoms with Crippen LogP contribution in [0.15, 0.2) is 84.1 Å². The lowest BCUT2D eigenvalue weighted by atomic mass is 9.72. The number of ether oxygens (including phenoxy) is 6. The Morgan fingerprint density at radius 2 is 1.12 bits per heavy atom. The Balaban J connectivity index is 2.03. The second kappa shape index (κ2) is 28.2. The number of fused-ring (bicyclic) bond motifs is 12. The molecular weight excluding hydrogens is 885 g/mol. The van der Waals surface area contributed by atoms with Crippen molar-refractivity contribution in [2.45, 2.75) is 77.3 Å². The Labute approximate surface area is 402 Å². The molecule has 0 fully saturated rings. The number of nitrogens with zero attached hydrogens (tertiary/aromatic N) is 8. The maximum Gasteiger partial charge on any atom is 0.347 e. The first-order valence-electron chi connectivity index (χ1n) is 22.4. The standard InChI is InChI=1S/C51H58N8O10/c1-7-11-25-58-35-37-17-19-39(64-5)29-43(37)68-49(62)41-31-46(67-28-10-4)42(32-45(41)66-27-9-3)50(63)69-44-30-40(65-6)20-18-38(44)36-59(26-12-8-2)48(61)34-51(33-47(58)60,21-13-15-23-54-56-52)22-14-16-24-55-57-53/h3-4,7-8,17-20,29-32H,1-2,11-16,21-28,33-36H2,5-6H3. The van der Waals surface area contributed by atoms with Crippen molar-refractivity contribution >= 4 is 23.8 Å². The Kier molecular flexibility index (Phi) is 21.9. The van der Waals surface area contributed by atoms with Crippen LogP contribution >= 0.6 is 0 Å². The highest BCUT2D eigenvalue weighted by molar-refractivity contribution is 6.00. The molecule has 0 saturated carbocycles. The van der Waals surface area contributed by atoms with Gasteiger partial charge in [-0.25, -0.2) is 9.59 Å². The van der Waals surface area contributed by atoms with Crippen molar-refractivity contribution in [3.8, 4) is 59.2 Å². The molecule has 362 valence electrons. The molecule has 2 aliphatic rings. The van der Waals surface area contributed by atoms with Crippen molar-refractivity contribution in [3.63, 3.8) is 0 Å². The molecular formula is C51H58N8O10. The lowest BCUT2D eigenvalue weighted by molar-refractivity contribution is -0.139. The molecule has 2 bridgehead atoms. The molecule has 0 spiro atoms. The number of unbranched alkanes of at least 4 members (excludes halogenated alkanes) is 2. The average Bonchev–Trinajstić information content (AvgIpc) is 3.35. The van der Waals surface area contributed by atoms with E-state index in [4.69, 9.17) is 52.3 Å². The highest BCUT2D eigenvalue weighted by Crippen LogP contribution is 2.41. The summed E-state index contributed by atoms with van der Waals surface area (Å²) in [5.41, 5.74) is 17.6. The predicted molar refractivity (Wildman–Crippen MR) is 259 cm³/mol. The lowest BCUT2D eigenvalue weighted by Gasteiger charge is -2.37. The van der Waals surface area contributed by atoms with Crippen LogP contribution in [-0.4, -0.2) is 87.2 Å². The summed E-state index contributed by atoms with van der Waals surface area (Å²) >= 11 is 0. The number of carbonyl (C=O) groups is 4. The van der Waals surface area contributed by atoms with E-state index in [2.05, 4.69) is 45.1 Å². The van der Waals surface area contributed by atoms with Gasteiger partial charge in [-0.1, -0.05) is 47.1 Å². The Morgan fingerprint density at radius 3 is 1.48 bits per heavy atom. The summed E-state index contributed by atoms with van der Waals surface area (Å²) in [5.74, 6) is 2.76. The third-order valence-corrected chi connectivity index (χ3v) is 11.3. The molecule has 2 amide bonds. The summed E-state index contributed by atoms with van der Waals surface area (Å²) < 4.78 is 34.9. The molecule has 69 heavy (non-hydrogen) atoms. The zero-order valence-corrected chi connectivity index (χ0v) is 39.2. The van der Waals surface area contributed by atoms with E-state index in [0.717, 1.165) is 0 Å². The molecule has 0 saturated heterocycles. The summed E-state index contributed by atoms with van der Waals surface area (Å²) in [4.78, 5) is 67.9. The monoisotopic (exact) mass is 942 g/mol. The summed E-state index contributed by atoms with van der Waals surface area (Å²) in [5, 5.41) is 7.42. The van der Waals surface area contributed by atoms with Crippen LogP contribution in [0.25, 0.3) is 20.9 Å². The Hall–Kier alpha value is -8.04. The number of amides is 2. The van der Waals surface area contributed by atoms with Gasteiger partial charge in [0, 0.05) is 85.2 Å². The van der Waals surface area contributed by atoms with Crippen molar-refractivity contribution in [1.29, 1.82) is 0 Å². The van der Waals surface area contributed by atoms with Gasteiger partial charge in [0.25, 0.3) is 0 Å². The Morgan fingerprint density at radius 1 is 0.696 bits per heavy atom. The van der Waals surface area contributed by atoms with E-state index in [1.807, 2.05) is 0 Å². The number of methoxy groups -OCH3 is 2. The van der Waals surface area contributed by atoms with Crippen molar-refractivity contribution in [2.75, 3.05) is 53.6 Å². The van der Waals surface area contributed by atoms with E-state index >= 15 is 9.59 Å². The van der Waals surface area contributed by atoms with Gasteiger partial charge >= 0.3 is 11.9 Å². The topological polar surface area (TPSA) is 228 Å². The molecule has 18 nitrogen and oxygen atoms in total. The zero-order valence-electron chi connectivity index (χ0n) is 39.2. The zero-order chi connectivity index (χ0) is 50.0. The van der Waals surface area contributed by atoms with Crippen LogP contribution in [0.1, 0.15) is 96.1 Å². The predicted octanol–water partition coefficient (Wildman–Crippen LogP) is 9.72. The van der Waals surface area contributed by atoms with Gasteiger partial charge in [-0.3, -0.25) is 9.59 Å². The van der Waals surface area contributed by atoms with Crippen LogP contribution in [0, 0.1) is 30.1 Å². The number of carbonyl (C=O) groups excluding carboxylic acids is 4. The molecule has 0 unspecified atom stereocenters. The Bertz CT molecular complexity index is 2330. The van der Waals surface area contributed by atoms with Crippen LogP contribution < -0.4 is 28.4 Å². The average molecular weight is 943 g/mol. The number of benzene rings is 3. The maximum absolute atomic E-state index is 15.0. The minimum atomic E-state index is -0.948. The maximum atomic E-state index is 15.0. The fraction of sp³-hybridized carbons (Fsp3) is 0.412. The van der Waals surface area contributed by atoms with Crippen molar-refractivity contribution < 1.29 is 47.6 Å². The van der Waals surface area contributed by atoms with Crippen molar-refractivity contribution in [1.82, 2.24) is 9.80 Å². The van der Waals surface area contributed by atoms with Crippen molar-refractivity contribution in [2.24, 2.45) is 15.6 Å². The van der Waals surface area contributed by atoms with Gasteiger partial charge in [-0.2, -0.15) is 0 Å². The van der Waals surface area contributed by atoms with E-state index in [9.17, 15) is 9.59 Å². The fourth-order valence-electron chi connectivity index (χ4n) is 7.79. The van der Waals surface area contributed by atoms with Gasteiger partial charge in [-0.15, -0.1) is 26.0 Å². The smallest absolute Gasteiger partial charge is 0.347 e. The highest BCUT2D eigenvalue weighted by Gasteiger charge is 2.38. The highest BCUT2D eigenvalue weighted by atomic mass is 16.5. The summed E-state index contributed by atoms with van der Waals surface area (Å²) in [7, 11) is 2.90. The molecule has 0 N–H and O–H groups in total. The molecule has 3 aromatic carbocycles. The minimum Gasteiger partial charge on any atom is -0.497 e. The molecule has 5 rings (SSSR count). The third kappa shape index (κ3) is 16.1. The van der Waals surface area contributed by atoms with Gasteiger partial charge < -0.3 is 38.2 Å². The van der Waals surface area contributed by atoms with Crippen LogP contribution in [0.2, 0.25) is 0 Å². The van der Waals surface area contributed by atoms with Gasteiger partial charge in [0.15, 0.2) is 0 Å². The van der Waals surface area contributed by atoms with E-state index in [1.165, 1.54) is 38.5 Å². The summed E-state index contributed by atoms with van der Waals surface area (Å²) in [6.07, 6.45) is 18.0. The molecule has 0 radical (unpaired) electrons. The molecule has 18 heteroatoms. The van der Waals surface area contributed by atoms with Crippen molar-refractivity contribution in [3.05, 3.63) is 117 Å². The number of rotatable bonds is 22. The number of esters is 2. The van der Waals surface area contributed by atoms with Gasteiger partial charge in [0.2, 0.25) is 11.8 Å². The number of hydrogen-bond acceptors (Lipinski definition) is 12. The SMILES string of the molecule is C#CCOc1cc2c(OCC#C)cc1C(=O)Oc1cc(OC)ccc1CN(CCC=C)C(=O)CC(CCCCN=[N+]=[N-])(CCCCN=[N+]=[N-])CC(=O)N(CCC=C)Cc1ccc(OC)cc1OC2=O. The van der Waals surface area contributed by atoms with E-state index in [0.29, 0.717) is 74.0 Å². The molecule has 0 aromatic heterocycles. The molecule has 2 aliphatic heterocycles. The van der Waals surface area contributed by atoms with Crippen LogP contribution in [-0.2, 0) is 22.7 Å². The van der Waals surface area contributed by atoms with Gasteiger partial charge in [-0.05, 0) is 91.4 Å². The largest absolute Gasteiger partial charge is 0.497 e. The molecule has 0 atom stereocenters. The van der Waals surface area contributed by atoms with E-state index < -0.39 is 17.4 Å². The first-order chi connectivity index (χ1) is 33.5. The van der Waals surface area contributed by atoms with Crippen LogP contribution in [0.5, 0.6) is 34.5 Å². The number of azide groups is 2. The van der Waals surface area contributed by atoms with E-state index in [1.54, 1.807) is 46.2 Å². The lowest BCUT2D eigenvalue weighted by Crippen LogP contribution is -2.40. The normalized spacial score (nSPS) is 13.9. The first-order valence-corrected chi connectivity index (χ1v) is 22.4. The van der Waals surface area contributed by atoms with Gasteiger partial charge in [0.05, 0.1) is 14.2 Å². The third-order valence-electron chi connectivity index (χ3n) is 11.3. The number of hydrogen-bond donors (Lipinski definition) is 0. The minimum absolute atomic E-state index is 0.0372. The fourth-order valence-corrected chi connectivity index (χ4v) is 7.79. The summed E-state index contributed by atoms with van der Waals surface area (Å²) in [6, 6.07) is 12.2.